The number of aromatic hydroxyl groups is 1. The smallest absolute Gasteiger partial charge is 0.337 e. The predicted molar refractivity (Wildman–Crippen MR) is 116 cm³/mol. The maximum Gasteiger partial charge on any atom is 0.337 e. The maximum atomic E-state index is 12.6. The van der Waals surface area contributed by atoms with E-state index in [1.54, 1.807) is 25.3 Å². The number of amides is 1. The molecule has 0 atom stereocenters. The molecular formula is C19H14BrClN2O5S. The molecule has 2 aromatic carbocycles. The molecule has 3 rings (SSSR count). The summed E-state index contributed by atoms with van der Waals surface area (Å²) in [5.74, 6) is -1.17. The Balaban J connectivity index is 1.96. The fourth-order valence-electron chi connectivity index (χ4n) is 2.48. The number of carboxylic acid groups (broad SMARTS) is 1. The van der Waals surface area contributed by atoms with Gasteiger partial charge in [-0.2, -0.15) is 0 Å². The number of aliphatic imine (C=N–C) groups is 1. The van der Waals surface area contributed by atoms with Crippen LogP contribution in [0.5, 0.6) is 11.5 Å². The lowest BCUT2D eigenvalue weighted by molar-refractivity contribution is -0.121. The Labute approximate surface area is 183 Å². The van der Waals surface area contributed by atoms with Crippen LogP contribution in [0.1, 0.15) is 15.9 Å². The number of benzene rings is 2. The second kappa shape index (κ2) is 8.48. The van der Waals surface area contributed by atoms with Crippen molar-refractivity contribution < 1.29 is 24.5 Å². The number of thioether (sulfide) groups is 1. The monoisotopic (exact) mass is 496 g/mol. The van der Waals surface area contributed by atoms with Gasteiger partial charge in [0.15, 0.2) is 16.7 Å². The zero-order chi connectivity index (χ0) is 21.3. The minimum absolute atomic E-state index is 0.0248. The minimum atomic E-state index is -1.16. The normalized spacial score (nSPS) is 16.7. The van der Waals surface area contributed by atoms with Crippen LogP contribution in [0.25, 0.3) is 6.08 Å². The standard InChI is InChI=1S/C19H14BrClN2O5S/c1-23-17(25)16(6-9-5-15(28-2)14(24)8-12(9)20)29-19(23)22-10-3-4-13(21)11(7-10)18(26)27/h3-8,24H,1-2H3,(H,26,27). The van der Waals surface area contributed by atoms with Crippen LogP contribution >= 0.6 is 39.3 Å². The van der Waals surface area contributed by atoms with Crippen molar-refractivity contribution in [2.75, 3.05) is 14.2 Å². The lowest BCUT2D eigenvalue weighted by Gasteiger charge is -2.08. The number of nitrogens with zero attached hydrogens (tertiary/aromatic N) is 2. The highest BCUT2D eigenvalue weighted by Crippen LogP contribution is 2.38. The van der Waals surface area contributed by atoms with E-state index < -0.39 is 5.97 Å². The Bertz CT molecular complexity index is 1090. The van der Waals surface area contributed by atoms with Crippen LogP contribution in [0.3, 0.4) is 0 Å². The van der Waals surface area contributed by atoms with Crippen LogP contribution in [-0.2, 0) is 4.79 Å². The molecule has 0 radical (unpaired) electrons. The van der Waals surface area contributed by atoms with Gasteiger partial charge in [-0.3, -0.25) is 9.69 Å². The molecule has 150 valence electrons. The number of methoxy groups -OCH3 is 1. The molecule has 0 spiro atoms. The molecule has 29 heavy (non-hydrogen) atoms. The highest BCUT2D eigenvalue weighted by atomic mass is 79.9. The third kappa shape index (κ3) is 4.42. The van der Waals surface area contributed by atoms with Crippen LogP contribution in [0.2, 0.25) is 5.02 Å². The highest BCUT2D eigenvalue weighted by molar-refractivity contribution is 9.10. The molecule has 1 heterocycles. The van der Waals surface area contributed by atoms with Gasteiger partial charge in [-0.05, 0) is 53.7 Å². The van der Waals surface area contributed by atoms with Crippen molar-refractivity contribution in [1.29, 1.82) is 0 Å². The summed E-state index contributed by atoms with van der Waals surface area (Å²) in [7, 11) is 3.01. The van der Waals surface area contributed by atoms with E-state index in [4.69, 9.17) is 16.3 Å². The van der Waals surface area contributed by atoms with E-state index in [1.165, 1.54) is 30.2 Å². The Hall–Kier alpha value is -2.49. The summed E-state index contributed by atoms with van der Waals surface area (Å²) in [4.78, 5) is 30.0. The van der Waals surface area contributed by atoms with Crippen molar-refractivity contribution in [3.8, 4) is 11.5 Å². The fourth-order valence-corrected chi connectivity index (χ4v) is 4.10. The van der Waals surface area contributed by atoms with Gasteiger partial charge in [-0.25, -0.2) is 9.79 Å². The van der Waals surface area contributed by atoms with Gasteiger partial charge in [0.1, 0.15) is 0 Å². The van der Waals surface area contributed by atoms with Gasteiger partial charge in [-0.15, -0.1) is 0 Å². The van der Waals surface area contributed by atoms with Crippen molar-refractivity contribution in [3.63, 3.8) is 0 Å². The molecule has 1 saturated heterocycles. The molecule has 1 fully saturated rings. The Morgan fingerprint density at radius 1 is 1.34 bits per heavy atom. The van der Waals surface area contributed by atoms with Crippen LogP contribution in [0.15, 0.2) is 44.7 Å². The molecule has 7 nitrogen and oxygen atoms in total. The average Bonchev–Trinajstić information content (AvgIpc) is 2.93. The number of phenols is 1. The van der Waals surface area contributed by atoms with Gasteiger partial charge in [0, 0.05) is 11.5 Å². The van der Waals surface area contributed by atoms with E-state index in [9.17, 15) is 19.8 Å². The van der Waals surface area contributed by atoms with Crippen molar-refractivity contribution in [2.24, 2.45) is 4.99 Å². The number of rotatable bonds is 4. The summed E-state index contributed by atoms with van der Waals surface area (Å²) in [5.41, 5.74) is 0.939. The van der Waals surface area contributed by atoms with Crippen molar-refractivity contribution >= 4 is 68.1 Å². The van der Waals surface area contributed by atoms with Crippen LogP contribution in [0, 0.1) is 0 Å². The number of likely N-dealkylation sites (N-methyl/N-ethyl adjacent to an activating group) is 1. The first-order valence-corrected chi connectivity index (χ1v) is 10.1. The van der Waals surface area contributed by atoms with Gasteiger partial charge in [0.25, 0.3) is 5.91 Å². The van der Waals surface area contributed by atoms with E-state index in [1.807, 2.05) is 0 Å². The summed E-state index contributed by atoms with van der Waals surface area (Å²) in [5, 5.41) is 19.5. The average molecular weight is 498 g/mol. The number of carbonyl (C=O) groups excluding carboxylic acids is 1. The van der Waals surface area contributed by atoms with E-state index in [0.29, 0.717) is 25.8 Å². The van der Waals surface area contributed by atoms with E-state index in [-0.39, 0.29) is 28.0 Å². The molecule has 0 aliphatic carbocycles. The van der Waals surface area contributed by atoms with Crippen molar-refractivity contribution in [2.45, 2.75) is 0 Å². The molecule has 0 aromatic heterocycles. The molecular weight excluding hydrogens is 484 g/mol. The van der Waals surface area contributed by atoms with Gasteiger partial charge in [0.05, 0.1) is 28.3 Å². The summed E-state index contributed by atoms with van der Waals surface area (Å²) in [6.45, 7) is 0. The molecule has 0 bridgehead atoms. The van der Waals surface area contributed by atoms with Crippen molar-refractivity contribution in [3.05, 3.63) is 55.9 Å². The maximum absolute atomic E-state index is 12.6. The Kier molecular flexibility index (Phi) is 6.21. The van der Waals surface area contributed by atoms with Crippen LogP contribution < -0.4 is 4.74 Å². The molecule has 0 saturated carbocycles. The summed E-state index contributed by atoms with van der Waals surface area (Å²) >= 11 is 10.4. The Morgan fingerprint density at radius 3 is 2.72 bits per heavy atom. The van der Waals surface area contributed by atoms with Gasteiger partial charge in [0.2, 0.25) is 0 Å². The van der Waals surface area contributed by atoms with Gasteiger partial charge < -0.3 is 14.9 Å². The summed E-state index contributed by atoms with van der Waals surface area (Å²) < 4.78 is 5.70. The number of carboxylic acids is 1. The second-order valence-electron chi connectivity index (χ2n) is 5.88. The number of aromatic carboxylic acids is 1. The van der Waals surface area contributed by atoms with Crippen LogP contribution in [-0.4, -0.2) is 46.3 Å². The molecule has 2 N–H and O–H groups in total. The molecule has 1 aliphatic heterocycles. The van der Waals surface area contributed by atoms with E-state index in [0.717, 1.165) is 11.8 Å². The molecule has 10 heteroatoms. The van der Waals surface area contributed by atoms with Gasteiger partial charge >= 0.3 is 5.97 Å². The van der Waals surface area contributed by atoms with Gasteiger partial charge in [-0.1, -0.05) is 27.5 Å². The third-order valence-electron chi connectivity index (χ3n) is 3.99. The summed E-state index contributed by atoms with van der Waals surface area (Å²) in [6, 6.07) is 7.45. The number of carbonyl (C=O) groups is 2. The zero-order valence-corrected chi connectivity index (χ0v) is 18.3. The number of amidine groups is 1. The number of hydrogen-bond donors (Lipinski definition) is 2. The summed E-state index contributed by atoms with van der Waals surface area (Å²) in [6.07, 6.45) is 1.66. The first kappa shape index (κ1) is 21.2. The Morgan fingerprint density at radius 2 is 2.07 bits per heavy atom. The molecule has 1 aliphatic rings. The predicted octanol–water partition coefficient (Wildman–Crippen LogP) is 4.75. The quantitative estimate of drug-likeness (QED) is 0.592. The lowest BCUT2D eigenvalue weighted by atomic mass is 10.2. The first-order valence-electron chi connectivity index (χ1n) is 8.07. The van der Waals surface area contributed by atoms with Crippen molar-refractivity contribution in [1.82, 2.24) is 4.90 Å². The highest BCUT2D eigenvalue weighted by Gasteiger charge is 2.30. The first-order chi connectivity index (χ1) is 13.7. The molecule has 2 aromatic rings. The molecule has 0 unspecified atom stereocenters. The largest absolute Gasteiger partial charge is 0.504 e. The fraction of sp³-hybridized carbons (Fsp3) is 0.105. The SMILES string of the molecule is COc1cc(C=C2SC(=Nc3ccc(Cl)c(C(=O)O)c3)N(C)C2=O)c(Br)cc1O. The number of ether oxygens (including phenoxy) is 1. The number of phenolic OH excluding ortho intramolecular Hbond substituents is 1. The lowest BCUT2D eigenvalue weighted by Crippen LogP contribution is -2.23. The van der Waals surface area contributed by atoms with E-state index >= 15 is 0 Å². The zero-order valence-electron chi connectivity index (χ0n) is 15.1. The van der Waals surface area contributed by atoms with E-state index in [2.05, 4.69) is 20.9 Å². The minimum Gasteiger partial charge on any atom is -0.504 e. The second-order valence-corrected chi connectivity index (χ2v) is 8.15. The topological polar surface area (TPSA) is 99.4 Å². The number of halogens is 2. The number of hydrogen-bond acceptors (Lipinski definition) is 6. The van der Waals surface area contributed by atoms with Crippen LogP contribution in [0.4, 0.5) is 5.69 Å². The molecule has 1 amide bonds. The third-order valence-corrected chi connectivity index (χ3v) is 6.07.